The van der Waals surface area contributed by atoms with Crippen LogP contribution in [0.5, 0.6) is 0 Å². The summed E-state index contributed by atoms with van der Waals surface area (Å²) in [4.78, 5) is 38.1. The van der Waals surface area contributed by atoms with E-state index < -0.39 is 6.10 Å². The molecule has 0 saturated heterocycles. The van der Waals surface area contributed by atoms with Crippen molar-refractivity contribution in [3.63, 3.8) is 0 Å². The highest BCUT2D eigenvalue weighted by molar-refractivity contribution is 5.71. The molecule has 1 atom stereocenters. The number of esters is 3. The largest absolute Gasteiger partial charge is 0.462 e. The smallest absolute Gasteiger partial charge is 0.306 e. The van der Waals surface area contributed by atoms with Crippen LogP contribution in [0.3, 0.4) is 0 Å². The van der Waals surface area contributed by atoms with E-state index in [-0.39, 0.29) is 44.0 Å². The second-order valence-corrected chi connectivity index (χ2v) is 18.1. The third kappa shape index (κ3) is 56.1. The van der Waals surface area contributed by atoms with Gasteiger partial charge in [0.05, 0.1) is 0 Å². The van der Waals surface area contributed by atoms with E-state index >= 15 is 0 Å². The first-order valence-corrected chi connectivity index (χ1v) is 28.3. The summed E-state index contributed by atoms with van der Waals surface area (Å²) in [5.74, 6) is -1.06. The normalized spacial score (nSPS) is 13.2. The SMILES string of the molecule is CCC=CCC=CCC=CCC=CCC=CCC=CCCC(=O)OCC(COC(=O)CCCCCC=CCC=CCC=CCC=CCC=CCC)OC(=O)CCCCCCCC=CCCCCCCCC. The number of carbonyl (C=O) groups is 3. The molecular formula is C65H102O6. The third-order valence-corrected chi connectivity index (χ3v) is 11.3. The minimum Gasteiger partial charge on any atom is -0.462 e. The van der Waals surface area contributed by atoms with E-state index in [0.717, 1.165) is 128 Å². The molecule has 6 nitrogen and oxygen atoms in total. The van der Waals surface area contributed by atoms with Crippen LogP contribution in [-0.4, -0.2) is 37.2 Å². The van der Waals surface area contributed by atoms with Crippen molar-refractivity contribution in [1.29, 1.82) is 0 Å². The molecule has 1 unspecified atom stereocenters. The molecule has 6 heteroatoms. The highest BCUT2D eigenvalue weighted by Crippen LogP contribution is 2.12. The molecule has 0 aromatic heterocycles. The molecule has 0 aliphatic carbocycles. The fourth-order valence-electron chi connectivity index (χ4n) is 7.13. The summed E-state index contributed by atoms with van der Waals surface area (Å²) in [5.41, 5.74) is 0. The average molecular weight is 980 g/mol. The van der Waals surface area contributed by atoms with Crippen molar-refractivity contribution in [1.82, 2.24) is 0 Å². The Morgan fingerprint density at radius 1 is 0.296 bits per heavy atom. The van der Waals surface area contributed by atoms with Gasteiger partial charge in [0.1, 0.15) is 13.2 Å². The zero-order chi connectivity index (χ0) is 51.4. The minimum atomic E-state index is -0.834. The third-order valence-electron chi connectivity index (χ3n) is 11.3. The monoisotopic (exact) mass is 979 g/mol. The van der Waals surface area contributed by atoms with Crippen LogP contribution in [0.4, 0.5) is 0 Å². The number of allylic oxidation sites excluding steroid dienone is 24. The lowest BCUT2D eigenvalue weighted by atomic mass is 10.1. The summed E-state index contributed by atoms with van der Waals surface area (Å²) in [6, 6.07) is 0. The van der Waals surface area contributed by atoms with Gasteiger partial charge >= 0.3 is 17.9 Å². The van der Waals surface area contributed by atoms with Crippen molar-refractivity contribution in [2.45, 2.75) is 232 Å². The summed E-state index contributed by atoms with van der Waals surface area (Å²) >= 11 is 0. The summed E-state index contributed by atoms with van der Waals surface area (Å²) in [7, 11) is 0. The maximum Gasteiger partial charge on any atom is 0.306 e. The molecule has 0 aromatic rings. The zero-order valence-corrected chi connectivity index (χ0v) is 45.4. The van der Waals surface area contributed by atoms with E-state index in [0.29, 0.717) is 12.8 Å². The Hall–Kier alpha value is -4.71. The molecule has 0 fully saturated rings. The maximum absolute atomic E-state index is 12.8. The van der Waals surface area contributed by atoms with Crippen molar-refractivity contribution in [3.05, 3.63) is 146 Å². The molecule has 0 bridgehead atoms. The summed E-state index contributed by atoms with van der Waals surface area (Å²) < 4.78 is 16.8. The molecule has 0 aliphatic rings. The van der Waals surface area contributed by atoms with Crippen LogP contribution in [0.15, 0.2) is 146 Å². The molecule has 0 N–H and O–H groups in total. The molecule has 0 amide bonds. The summed E-state index contributed by atoms with van der Waals surface area (Å²) in [6.07, 6.45) is 82.7. The standard InChI is InChI=1S/C65H102O6/c1-4-7-10-13-16-19-22-25-28-30-32-34-37-39-42-45-48-51-54-57-63(66)69-60-62(71-65(68)59-56-53-50-47-44-41-36-27-24-21-18-15-12-9-6-3)61-70-64(67)58-55-52-49-46-43-40-38-35-33-31-29-26-23-20-17-14-11-8-5-2/h7-8,10-11,16-17,19-20,25-29,32-36,39-40,42-43,48,51,62H,4-6,9,12-15,18,21-24,30-31,37-38,41,44-47,49-50,52-61H2,1-3H3. The van der Waals surface area contributed by atoms with Crippen molar-refractivity contribution in [3.8, 4) is 0 Å². The van der Waals surface area contributed by atoms with Crippen LogP contribution in [-0.2, 0) is 28.6 Å². The van der Waals surface area contributed by atoms with Crippen LogP contribution < -0.4 is 0 Å². The highest BCUT2D eigenvalue weighted by Gasteiger charge is 2.19. The Morgan fingerprint density at radius 2 is 0.577 bits per heavy atom. The van der Waals surface area contributed by atoms with Crippen LogP contribution in [0.2, 0.25) is 0 Å². The second-order valence-electron chi connectivity index (χ2n) is 18.1. The van der Waals surface area contributed by atoms with Crippen molar-refractivity contribution >= 4 is 17.9 Å². The van der Waals surface area contributed by atoms with E-state index in [1.807, 2.05) is 12.2 Å². The lowest BCUT2D eigenvalue weighted by molar-refractivity contribution is -0.166. The van der Waals surface area contributed by atoms with Gasteiger partial charge in [0.15, 0.2) is 6.10 Å². The van der Waals surface area contributed by atoms with Crippen LogP contribution in [0, 0.1) is 0 Å². The molecule has 0 rings (SSSR count). The number of unbranched alkanes of at least 4 members (excludes halogenated alkanes) is 14. The second kappa shape index (κ2) is 57.9. The maximum atomic E-state index is 12.8. The summed E-state index contributed by atoms with van der Waals surface area (Å²) in [6.45, 7) is 6.29. The first-order valence-electron chi connectivity index (χ1n) is 28.3. The van der Waals surface area contributed by atoms with Crippen LogP contribution in [0.1, 0.15) is 226 Å². The van der Waals surface area contributed by atoms with E-state index in [2.05, 4.69) is 154 Å². The quantitative estimate of drug-likeness (QED) is 0.0262. The average Bonchev–Trinajstić information content (AvgIpc) is 3.37. The van der Waals surface area contributed by atoms with E-state index in [1.165, 1.54) is 51.4 Å². The van der Waals surface area contributed by atoms with Crippen LogP contribution >= 0.6 is 0 Å². The van der Waals surface area contributed by atoms with Gasteiger partial charge in [-0.25, -0.2) is 0 Å². The predicted molar refractivity (Wildman–Crippen MR) is 306 cm³/mol. The lowest BCUT2D eigenvalue weighted by Gasteiger charge is -2.18. The number of hydrogen-bond acceptors (Lipinski definition) is 6. The fourth-order valence-corrected chi connectivity index (χ4v) is 7.13. The number of ether oxygens (including phenoxy) is 3. The zero-order valence-electron chi connectivity index (χ0n) is 45.4. The number of rotatable bonds is 49. The number of hydrogen-bond donors (Lipinski definition) is 0. The van der Waals surface area contributed by atoms with Gasteiger partial charge in [0.25, 0.3) is 0 Å². The predicted octanol–water partition coefficient (Wildman–Crippen LogP) is 19.2. The first kappa shape index (κ1) is 66.3. The molecule has 0 heterocycles. The molecule has 0 aromatic carbocycles. The lowest BCUT2D eigenvalue weighted by Crippen LogP contribution is -2.30. The highest BCUT2D eigenvalue weighted by atomic mass is 16.6. The van der Waals surface area contributed by atoms with Gasteiger partial charge in [-0.1, -0.05) is 224 Å². The molecular weight excluding hydrogens is 877 g/mol. The molecule has 71 heavy (non-hydrogen) atoms. The van der Waals surface area contributed by atoms with Crippen molar-refractivity contribution < 1.29 is 28.6 Å². The van der Waals surface area contributed by atoms with E-state index in [4.69, 9.17) is 14.2 Å². The Balaban J connectivity index is 4.59. The Kier molecular flexibility index (Phi) is 54.0. The molecule has 398 valence electrons. The van der Waals surface area contributed by atoms with Gasteiger partial charge in [-0.2, -0.15) is 0 Å². The van der Waals surface area contributed by atoms with Gasteiger partial charge in [-0.3, -0.25) is 14.4 Å². The van der Waals surface area contributed by atoms with Crippen LogP contribution in [0.25, 0.3) is 0 Å². The molecule has 0 aliphatic heterocycles. The topological polar surface area (TPSA) is 78.9 Å². The first-order chi connectivity index (χ1) is 35.0. The van der Waals surface area contributed by atoms with Gasteiger partial charge in [0, 0.05) is 19.3 Å². The van der Waals surface area contributed by atoms with E-state index in [1.54, 1.807) is 0 Å². The molecule has 0 saturated carbocycles. The molecule has 0 spiro atoms. The Morgan fingerprint density at radius 3 is 0.972 bits per heavy atom. The van der Waals surface area contributed by atoms with Gasteiger partial charge in [-0.15, -0.1) is 0 Å². The van der Waals surface area contributed by atoms with Crippen molar-refractivity contribution in [2.75, 3.05) is 13.2 Å². The van der Waals surface area contributed by atoms with Crippen molar-refractivity contribution in [2.24, 2.45) is 0 Å². The van der Waals surface area contributed by atoms with Gasteiger partial charge in [0.2, 0.25) is 0 Å². The number of carbonyl (C=O) groups excluding carboxylic acids is 3. The van der Waals surface area contributed by atoms with E-state index in [9.17, 15) is 14.4 Å². The minimum absolute atomic E-state index is 0.128. The van der Waals surface area contributed by atoms with Gasteiger partial charge in [-0.05, 0) is 128 Å². The summed E-state index contributed by atoms with van der Waals surface area (Å²) in [5, 5.41) is 0. The van der Waals surface area contributed by atoms with Gasteiger partial charge < -0.3 is 14.2 Å². The Labute approximate surface area is 436 Å². The fraction of sp³-hybridized carbons (Fsp3) is 0.585. The molecule has 0 radical (unpaired) electrons. The Bertz CT molecular complexity index is 1590.